The van der Waals surface area contributed by atoms with Crippen LogP contribution in [0.25, 0.3) is 0 Å². The van der Waals surface area contributed by atoms with Crippen molar-refractivity contribution in [3.8, 4) is 0 Å². The molecule has 0 aromatic carbocycles. The predicted molar refractivity (Wildman–Crippen MR) is 100 cm³/mol. The van der Waals surface area contributed by atoms with Gasteiger partial charge in [0.15, 0.2) is 0 Å². The highest BCUT2D eigenvalue weighted by atomic mass is 32.2. The number of nitrogens with two attached hydrogens (primary N) is 1. The van der Waals surface area contributed by atoms with Gasteiger partial charge in [-0.25, -0.2) is 0 Å². The van der Waals surface area contributed by atoms with Gasteiger partial charge in [-0.2, -0.15) is 17.4 Å². The molecule has 14 heteroatoms. The second kappa shape index (κ2) is 9.03. The lowest BCUT2D eigenvalue weighted by atomic mass is 9.78. The van der Waals surface area contributed by atoms with Crippen molar-refractivity contribution in [1.82, 2.24) is 19.7 Å². The lowest BCUT2D eigenvalue weighted by Gasteiger charge is -2.31. The van der Waals surface area contributed by atoms with Crippen molar-refractivity contribution >= 4 is 29.2 Å². The summed E-state index contributed by atoms with van der Waals surface area (Å²) in [5.41, 5.74) is 4.67. The zero-order valence-corrected chi connectivity index (χ0v) is 16.5. The van der Waals surface area contributed by atoms with Gasteiger partial charge in [0, 0.05) is 38.1 Å². The zero-order valence-electron chi connectivity index (χ0n) is 15.7. The fourth-order valence-corrected chi connectivity index (χ4v) is 4.78. The van der Waals surface area contributed by atoms with E-state index in [0.29, 0.717) is 19.5 Å². The largest absolute Gasteiger partial charge is 0.480 e. The molecule has 28 heavy (non-hydrogen) atoms. The van der Waals surface area contributed by atoms with Crippen molar-refractivity contribution in [2.24, 2.45) is 11.7 Å². The van der Waals surface area contributed by atoms with Gasteiger partial charge in [0.05, 0.1) is 0 Å². The first-order chi connectivity index (χ1) is 13.0. The Kier molecular flexibility index (Phi) is 7.41. The average Bonchev–Trinajstić information content (AvgIpc) is 2.90. The van der Waals surface area contributed by atoms with Gasteiger partial charge < -0.3 is 31.5 Å². The van der Waals surface area contributed by atoms with Crippen LogP contribution < -0.4 is 21.1 Å². The minimum atomic E-state index is -3.88. The number of amides is 1. The van der Waals surface area contributed by atoms with E-state index in [9.17, 15) is 18.0 Å². The van der Waals surface area contributed by atoms with Crippen LogP contribution in [0.5, 0.6) is 0 Å². The standard InChI is InChI=1S/C14H28BN5O7S/c1-9(12(21)22)18-13(23)14(16)8-20(7-10(14)3-2-4-15(24)25)28(26,27)19-11-5-17-6-11/h9-11,17,19,24-25H,2-8,16H2,1H3,(H,18,23)(H,21,22)/t9-,10-,14-/m0/s1. The van der Waals surface area contributed by atoms with E-state index in [4.69, 9.17) is 20.9 Å². The highest BCUT2D eigenvalue weighted by Gasteiger charge is 2.52. The van der Waals surface area contributed by atoms with Gasteiger partial charge in [-0.15, -0.1) is 0 Å². The fraction of sp³-hybridized carbons (Fsp3) is 0.857. The quantitative estimate of drug-likeness (QED) is 0.174. The van der Waals surface area contributed by atoms with Crippen LogP contribution in [0.15, 0.2) is 0 Å². The monoisotopic (exact) mass is 421 g/mol. The summed E-state index contributed by atoms with van der Waals surface area (Å²) in [5.74, 6) is -2.60. The van der Waals surface area contributed by atoms with Gasteiger partial charge >= 0.3 is 13.1 Å². The maximum Gasteiger partial charge on any atom is 0.451 e. The molecule has 12 nitrogen and oxygen atoms in total. The Morgan fingerprint density at radius 2 is 2.04 bits per heavy atom. The fourth-order valence-electron chi connectivity index (χ4n) is 3.28. The van der Waals surface area contributed by atoms with E-state index in [2.05, 4.69) is 15.4 Å². The third-order valence-electron chi connectivity index (χ3n) is 5.18. The molecule has 0 radical (unpaired) electrons. The molecule has 2 rings (SSSR count). The molecule has 2 heterocycles. The van der Waals surface area contributed by atoms with Gasteiger partial charge in [0.1, 0.15) is 11.6 Å². The van der Waals surface area contributed by atoms with Gasteiger partial charge in [0.25, 0.3) is 10.2 Å². The van der Waals surface area contributed by atoms with Gasteiger partial charge in [-0.1, -0.05) is 6.42 Å². The second-order valence-corrected chi connectivity index (χ2v) is 9.16. The Morgan fingerprint density at radius 3 is 2.54 bits per heavy atom. The molecule has 2 saturated heterocycles. The molecule has 0 unspecified atom stereocenters. The molecule has 8 N–H and O–H groups in total. The van der Waals surface area contributed by atoms with Crippen molar-refractivity contribution in [2.45, 2.75) is 43.7 Å². The number of aliphatic carboxylic acids is 1. The maximum atomic E-state index is 12.7. The van der Waals surface area contributed by atoms with E-state index < -0.39 is 46.7 Å². The van der Waals surface area contributed by atoms with E-state index in [1.165, 1.54) is 6.92 Å². The number of rotatable bonds is 10. The van der Waals surface area contributed by atoms with E-state index in [1.807, 2.05) is 0 Å². The van der Waals surface area contributed by atoms with Crippen molar-refractivity contribution in [3.63, 3.8) is 0 Å². The van der Waals surface area contributed by atoms with Gasteiger partial charge in [-0.05, 0) is 19.7 Å². The summed E-state index contributed by atoms with van der Waals surface area (Å²) >= 11 is 0. The lowest BCUT2D eigenvalue weighted by molar-refractivity contribution is -0.142. The van der Waals surface area contributed by atoms with Crippen molar-refractivity contribution in [3.05, 3.63) is 0 Å². The molecular formula is C14H28BN5O7S. The number of nitrogens with zero attached hydrogens (tertiary/aromatic N) is 1. The molecule has 0 saturated carbocycles. The van der Waals surface area contributed by atoms with Crippen LogP contribution in [0.1, 0.15) is 19.8 Å². The van der Waals surface area contributed by atoms with E-state index in [1.54, 1.807) is 0 Å². The summed E-state index contributed by atoms with van der Waals surface area (Å²) in [4.78, 5) is 23.7. The molecule has 2 aliphatic rings. The minimum absolute atomic E-state index is 0.0254. The van der Waals surface area contributed by atoms with Crippen LogP contribution in [0, 0.1) is 5.92 Å². The number of carboxylic acid groups (broad SMARTS) is 1. The van der Waals surface area contributed by atoms with Crippen molar-refractivity contribution in [1.29, 1.82) is 0 Å². The zero-order chi connectivity index (χ0) is 21.1. The lowest BCUT2D eigenvalue weighted by Crippen LogP contribution is -2.62. The van der Waals surface area contributed by atoms with E-state index in [0.717, 1.165) is 4.31 Å². The highest BCUT2D eigenvalue weighted by molar-refractivity contribution is 7.87. The summed E-state index contributed by atoms with van der Waals surface area (Å²) < 4.78 is 28.9. The summed E-state index contributed by atoms with van der Waals surface area (Å²) in [7, 11) is -5.39. The first kappa shape index (κ1) is 23.0. The number of hydrogen-bond donors (Lipinski definition) is 7. The second-order valence-electron chi connectivity index (χ2n) is 7.45. The molecule has 160 valence electrons. The van der Waals surface area contributed by atoms with Crippen LogP contribution >= 0.6 is 0 Å². The summed E-state index contributed by atoms with van der Waals surface area (Å²) in [6.07, 6.45) is 0.648. The first-order valence-corrected chi connectivity index (χ1v) is 10.6. The molecule has 2 aliphatic heterocycles. The van der Waals surface area contributed by atoms with Crippen LogP contribution in [-0.2, 0) is 19.8 Å². The van der Waals surface area contributed by atoms with Crippen molar-refractivity contribution < 1.29 is 33.2 Å². The first-order valence-electron chi connectivity index (χ1n) is 9.12. The molecule has 0 spiro atoms. The number of carbonyl (C=O) groups excluding carboxylic acids is 1. The molecule has 1 amide bonds. The number of hydrogen-bond acceptors (Lipinski definition) is 8. The Hall–Kier alpha value is -1.29. The molecule has 3 atom stereocenters. The van der Waals surface area contributed by atoms with Gasteiger partial charge in [-0.3, -0.25) is 9.59 Å². The predicted octanol–water partition coefficient (Wildman–Crippen LogP) is -3.74. The Bertz CT molecular complexity index is 690. The van der Waals surface area contributed by atoms with Crippen LogP contribution in [-0.4, -0.2) is 90.7 Å². The average molecular weight is 421 g/mol. The highest BCUT2D eigenvalue weighted by Crippen LogP contribution is 2.32. The topological polar surface area (TPSA) is 194 Å². The Labute approximate surface area is 164 Å². The normalized spacial score (nSPS) is 27.2. The minimum Gasteiger partial charge on any atom is -0.480 e. The molecule has 0 aromatic rings. The summed E-state index contributed by atoms with van der Waals surface area (Å²) in [6, 6.07) is -1.42. The number of nitrogens with one attached hydrogen (secondary N) is 3. The Balaban J connectivity index is 2.15. The molecule has 0 bridgehead atoms. The molecular weight excluding hydrogens is 393 g/mol. The van der Waals surface area contributed by atoms with Crippen LogP contribution in [0.4, 0.5) is 0 Å². The van der Waals surface area contributed by atoms with E-state index >= 15 is 0 Å². The summed E-state index contributed by atoms with van der Waals surface area (Å²) in [6.45, 7) is 1.98. The van der Waals surface area contributed by atoms with Crippen molar-refractivity contribution in [2.75, 3.05) is 26.2 Å². The van der Waals surface area contributed by atoms with Crippen LogP contribution in [0.2, 0.25) is 6.32 Å². The third kappa shape index (κ3) is 5.40. The number of carboxylic acids is 1. The van der Waals surface area contributed by atoms with Crippen LogP contribution in [0.3, 0.4) is 0 Å². The summed E-state index contributed by atoms with van der Waals surface area (Å²) in [5, 5.41) is 32.3. The smallest absolute Gasteiger partial charge is 0.451 e. The maximum absolute atomic E-state index is 12.7. The van der Waals surface area contributed by atoms with Gasteiger partial charge in [0.2, 0.25) is 5.91 Å². The molecule has 0 aliphatic carbocycles. The third-order valence-corrected chi connectivity index (χ3v) is 6.77. The molecule has 2 fully saturated rings. The Morgan fingerprint density at radius 1 is 1.39 bits per heavy atom. The SMILES string of the molecule is C[C@H](NC(=O)[C@]1(N)CN(S(=O)(=O)NC2CNC2)C[C@@H]1CCCB(O)O)C(=O)O. The molecule has 0 aromatic heterocycles. The van der Waals surface area contributed by atoms with E-state index in [-0.39, 0.29) is 31.9 Å². The number of carbonyl (C=O) groups is 2.